The Labute approximate surface area is 195 Å². The number of amides is 1. The number of carbonyl (C=O) groups excluding carboxylic acids is 1. The molecule has 9 nitrogen and oxygen atoms in total. The van der Waals surface area contributed by atoms with Gasteiger partial charge in [-0.05, 0) is 30.9 Å². The number of fused-ring (bicyclic) bond motifs is 1. The molecule has 0 spiro atoms. The van der Waals surface area contributed by atoms with Crippen molar-refractivity contribution in [2.45, 2.75) is 57.7 Å². The summed E-state index contributed by atoms with van der Waals surface area (Å²) in [6, 6.07) is 4.06. The topological polar surface area (TPSA) is 112 Å². The lowest BCUT2D eigenvalue weighted by molar-refractivity contribution is -0.117. The van der Waals surface area contributed by atoms with Gasteiger partial charge in [0.15, 0.2) is 5.82 Å². The number of anilines is 4. The van der Waals surface area contributed by atoms with Gasteiger partial charge in [0.1, 0.15) is 18.0 Å². The average Bonchev–Trinajstić information content (AvgIpc) is 3.54. The molecule has 1 saturated heterocycles. The second kappa shape index (κ2) is 8.96. The van der Waals surface area contributed by atoms with E-state index in [1.165, 1.54) is 18.3 Å². The maximum absolute atomic E-state index is 14.3. The number of aromatic amines is 1. The molecule has 2 atom stereocenters. The molecule has 34 heavy (non-hydrogen) atoms. The zero-order valence-electron chi connectivity index (χ0n) is 19.0. The van der Waals surface area contributed by atoms with Gasteiger partial charge in [-0.3, -0.25) is 9.89 Å². The van der Waals surface area contributed by atoms with Crippen LogP contribution in [0.15, 0.2) is 24.4 Å². The second-order valence-corrected chi connectivity index (χ2v) is 9.00. The van der Waals surface area contributed by atoms with Gasteiger partial charge in [0, 0.05) is 36.7 Å². The zero-order chi connectivity index (χ0) is 23.8. The number of alkyl halides is 1. The van der Waals surface area contributed by atoms with Gasteiger partial charge in [-0.1, -0.05) is 13.8 Å². The highest BCUT2D eigenvalue weighted by molar-refractivity contribution is 5.96. The highest BCUT2D eigenvalue weighted by atomic mass is 19.1. The van der Waals surface area contributed by atoms with E-state index >= 15 is 0 Å². The summed E-state index contributed by atoms with van der Waals surface area (Å²) in [5.74, 6) is 0.903. The van der Waals surface area contributed by atoms with Gasteiger partial charge in [0.2, 0.25) is 17.8 Å². The van der Waals surface area contributed by atoms with Crippen LogP contribution in [0.5, 0.6) is 0 Å². The first-order valence-corrected chi connectivity index (χ1v) is 11.4. The maximum Gasteiger partial charge on any atom is 0.247 e. The molecule has 1 aliphatic carbocycles. The average molecular weight is 469 g/mol. The minimum absolute atomic E-state index is 0.212. The third-order valence-corrected chi connectivity index (χ3v) is 6.19. The van der Waals surface area contributed by atoms with Crippen LogP contribution < -0.4 is 15.5 Å². The molecule has 0 bridgehead atoms. The molecule has 1 amide bonds. The van der Waals surface area contributed by atoms with Crippen LogP contribution in [0.3, 0.4) is 0 Å². The number of hydrogen-bond donors (Lipinski definition) is 3. The number of aromatic nitrogens is 5. The molecule has 0 radical (unpaired) electrons. The first-order chi connectivity index (χ1) is 16.4. The number of H-pyrrole nitrogens is 1. The van der Waals surface area contributed by atoms with Crippen molar-refractivity contribution in [1.82, 2.24) is 25.1 Å². The van der Waals surface area contributed by atoms with Crippen molar-refractivity contribution in [3.63, 3.8) is 0 Å². The molecule has 11 heteroatoms. The Hall–Kier alpha value is -3.63. The Kier molecular flexibility index (Phi) is 5.84. The number of halogens is 2. The Morgan fingerprint density at radius 2 is 2.12 bits per heavy atom. The van der Waals surface area contributed by atoms with Crippen molar-refractivity contribution < 1.29 is 13.6 Å². The van der Waals surface area contributed by atoms with Gasteiger partial charge in [-0.15, -0.1) is 0 Å². The molecule has 1 unspecified atom stereocenters. The molecule has 0 aromatic carbocycles. The van der Waals surface area contributed by atoms with E-state index in [4.69, 9.17) is 4.98 Å². The van der Waals surface area contributed by atoms with Gasteiger partial charge in [0.25, 0.3) is 0 Å². The van der Waals surface area contributed by atoms with Crippen LogP contribution in [0.4, 0.5) is 32.1 Å². The molecular formula is C23H26F2N8O. The number of nitrogens with one attached hydrogen (secondary N) is 3. The Morgan fingerprint density at radius 1 is 1.26 bits per heavy atom. The lowest BCUT2D eigenvalue weighted by Crippen LogP contribution is -2.40. The van der Waals surface area contributed by atoms with Crippen LogP contribution >= 0.6 is 0 Å². The summed E-state index contributed by atoms with van der Waals surface area (Å²) < 4.78 is 27.4. The first kappa shape index (κ1) is 22.2. The molecule has 3 aromatic rings. The lowest BCUT2D eigenvalue weighted by Gasteiger charge is -2.25. The third-order valence-electron chi connectivity index (χ3n) is 6.19. The molecule has 178 valence electrons. The quantitative estimate of drug-likeness (QED) is 0.474. The van der Waals surface area contributed by atoms with E-state index in [0.717, 1.165) is 17.7 Å². The number of carbonyl (C=O) groups is 1. The standard InChI is InChI=1S/C23H26F2N8O/c1-12(2)16-10-20(32-31-16)29-21-15-8-13(24)9-17(15)28-23(30-21)33-7-3-4-18(33)22(34)27-14-5-6-19(25)26-11-14/h5-6,10-13,18H,3-4,7-9H2,1-2H3,(H,27,34)(H2,28,29,30,31,32)/t13?,18-/m0/s1. The fraction of sp³-hybridized carbons (Fsp3) is 0.435. The number of pyridine rings is 1. The second-order valence-electron chi connectivity index (χ2n) is 9.00. The Balaban J connectivity index is 1.42. The van der Waals surface area contributed by atoms with Crippen molar-refractivity contribution in [2.75, 3.05) is 22.1 Å². The van der Waals surface area contributed by atoms with E-state index in [2.05, 4.69) is 44.6 Å². The molecule has 3 aromatic heterocycles. The summed E-state index contributed by atoms with van der Waals surface area (Å²) in [5.41, 5.74) is 2.77. The molecule has 3 N–H and O–H groups in total. The van der Waals surface area contributed by atoms with Gasteiger partial charge < -0.3 is 15.5 Å². The monoisotopic (exact) mass is 468 g/mol. The highest BCUT2D eigenvalue weighted by Gasteiger charge is 2.35. The predicted molar refractivity (Wildman–Crippen MR) is 123 cm³/mol. The largest absolute Gasteiger partial charge is 0.329 e. The van der Waals surface area contributed by atoms with E-state index in [0.29, 0.717) is 41.9 Å². The van der Waals surface area contributed by atoms with E-state index in [1.807, 2.05) is 11.0 Å². The summed E-state index contributed by atoms with van der Waals surface area (Å²) in [4.78, 5) is 27.7. The number of hydrogen-bond acceptors (Lipinski definition) is 7. The maximum atomic E-state index is 14.3. The fourth-order valence-corrected chi connectivity index (χ4v) is 4.41. The lowest BCUT2D eigenvalue weighted by atomic mass is 10.1. The normalized spacial score (nSPS) is 19.5. The van der Waals surface area contributed by atoms with Gasteiger partial charge in [-0.25, -0.2) is 14.4 Å². The van der Waals surface area contributed by atoms with Gasteiger partial charge in [-0.2, -0.15) is 14.5 Å². The molecule has 4 heterocycles. The van der Waals surface area contributed by atoms with Gasteiger partial charge >= 0.3 is 0 Å². The number of rotatable bonds is 6. The number of nitrogens with zero attached hydrogens (tertiary/aromatic N) is 5. The zero-order valence-corrected chi connectivity index (χ0v) is 19.0. The van der Waals surface area contributed by atoms with Crippen LogP contribution in [-0.4, -0.2) is 49.8 Å². The van der Waals surface area contributed by atoms with Crippen LogP contribution in [-0.2, 0) is 17.6 Å². The summed E-state index contributed by atoms with van der Waals surface area (Å²) in [5, 5.41) is 13.3. The minimum Gasteiger partial charge on any atom is -0.329 e. The molecule has 1 fully saturated rings. The Bertz CT molecular complexity index is 1200. The molecule has 0 saturated carbocycles. The fourth-order valence-electron chi connectivity index (χ4n) is 4.41. The SMILES string of the molecule is CC(C)c1cc(Nc2nc(N3CCC[C@H]3C(=O)Nc3ccc(F)nc3)nc3c2CC(F)C3)n[nH]1. The summed E-state index contributed by atoms with van der Waals surface area (Å²) in [6.45, 7) is 4.72. The minimum atomic E-state index is -1.02. The van der Waals surface area contributed by atoms with E-state index < -0.39 is 18.2 Å². The predicted octanol–water partition coefficient (Wildman–Crippen LogP) is 3.65. The van der Waals surface area contributed by atoms with Gasteiger partial charge in [0.05, 0.1) is 17.6 Å². The van der Waals surface area contributed by atoms with Crippen molar-refractivity contribution in [1.29, 1.82) is 0 Å². The van der Waals surface area contributed by atoms with E-state index in [-0.39, 0.29) is 24.7 Å². The summed E-state index contributed by atoms with van der Waals surface area (Å²) >= 11 is 0. The van der Waals surface area contributed by atoms with Crippen LogP contribution in [0.25, 0.3) is 0 Å². The molecular weight excluding hydrogens is 442 g/mol. The summed E-state index contributed by atoms with van der Waals surface area (Å²) in [6.07, 6.45) is 2.11. The Morgan fingerprint density at radius 3 is 2.85 bits per heavy atom. The molecule has 5 rings (SSSR count). The van der Waals surface area contributed by atoms with E-state index in [9.17, 15) is 13.6 Å². The smallest absolute Gasteiger partial charge is 0.247 e. The van der Waals surface area contributed by atoms with E-state index in [1.54, 1.807) is 0 Å². The van der Waals surface area contributed by atoms with Crippen molar-refractivity contribution in [3.05, 3.63) is 47.3 Å². The summed E-state index contributed by atoms with van der Waals surface area (Å²) in [7, 11) is 0. The van der Waals surface area contributed by atoms with Crippen LogP contribution in [0.1, 0.15) is 49.6 Å². The van der Waals surface area contributed by atoms with Crippen molar-refractivity contribution in [2.24, 2.45) is 0 Å². The highest BCUT2D eigenvalue weighted by Crippen LogP contribution is 2.34. The van der Waals surface area contributed by atoms with Crippen molar-refractivity contribution >= 4 is 29.2 Å². The van der Waals surface area contributed by atoms with Crippen LogP contribution in [0, 0.1) is 5.95 Å². The van der Waals surface area contributed by atoms with Crippen LogP contribution in [0.2, 0.25) is 0 Å². The molecule has 1 aliphatic heterocycles. The van der Waals surface area contributed by atoms with Crippen molar-refractivity contribution in [3.8, 4) is 0 Å². The third kappa shape index (κ3) is 4.42. The molecule has 2 aliphatic rings. The first-order valence-electron chi connectivity index (χ1n) is 11.4.